The van der Waals surface area contributed by atoms with Gasteiger partial charge < -0.3 is 18.9 Å². The second-order valence-corrected chi connectivity index (χ2v) is 7.69. The van der Waals surface area contributed by atoms with E-state index < -0.39 is 5.79 Å². The maximum absolute atomic E-state index is 12.6. The SMILES string of the molecule is Cn1cc(CC(=O)N2CC3(COC(C)(C)OC3)C2)c2ccccc21. The highest BCUT2D eigenvalue weighted by Gasteiger charge is 2.49. The molecule has 128 valence electrons. The number of para-hydroxylation sites is 1. The first-order valence-electron chi connectivity index (χ1n) is 8.46. The van der Waals surface area contributed by atoms with Crippen LogP contribution in [0.15, 0.2) is 30.5 Å². The quantitative estimate of drug-likeness (QED) is 0.850. The number of hydrogen-bond donors (Lipinski definition) is 0. The summed E-state index contributed by atoms with van der Waals surface area (Å²) in [4.78, 5) is 14.6. The lowest BCUT2D eigenvalue weighted by Gasteiger charge is -2.54. The Balaban J connectivity index is 1.41. The predicted molar refractivity (Wildman–Crippen MR) is 91.6 cm³/mol. The number of aryl methyl sites for hydroxylation is 1. The van der Waals surface area contributed by atoms with Crippen molar-refractivity contribution in [1.82, 2.24) is 9.47 Å². The summed E-state index contributed by atoms with van der Waals surface area (Å²) in [6.45, 7) is 6.65. The minimum Gasteiger partial charge on any atom is -0.350 e. The zero-order valence-corrected chi connectivity index (χ0v) is 14.5. The number of nitrogens with zero attached hydrogens (tertiary/aromatic N) is 2. The minimum atomic E-state index is -0.501. The van der Waals surface area contributed by atoms with Gasteiger partial charge in [-0.25, -0.2) is 0 Å². The first-order valence-corrected chi connectivity index (χ1v) is 8.46. The van der Waals surface area contributed by atoms with E-state index in [-0.39, 0.29) is 11.3 Å². The number of ether oxygens (including phenoxy) is 2. The molecule has 4 rings (SSSR count). The lowest BCUT2D eigenvalue weighted by atomic mass is 9.80. The number of carbonyl (C=O) groups excluding carboxylic acids is 1. The molecule has 0 radical (unpaired) electrons. The smallest absolute Gasteiger partial charge is 0.227 e. The van der Waals surface area contributed by atoms with Gasteiger partial charge in [-0.3, -0.25) is 4.79 Å². The van der Waals surface area contributed by atoms with E-state index in [1.54, 1.807) is 0 Å². The Kier molecular flexibility index (Phi) is 3.48. The van der Waals surface area contributed by atoms with Gasteiger partial charge in [0.2, 0.25) is 5.91 Å². The fourth-order valence-electron chi connectivity index (χ4n) is 3.70. The van der Waals surface area contributed by atoms with Crippen LogP contribution in [0.1, 0.15) is 19.4 Å². The van der Waals surface area contributed by atoms with Crippen molar-refractivity contribution in [2.75, 3.05) is 26.3 Å². The number of aromatic nitrogens is 1. The van der Waals surface area contributed by atoms with Crippen LogP contribution in [0.5, 0.6) is 0 Å². The van der Waals surface area contributed by atoms with Crippen LogP contribution < -0.4 is 0 Å². The molecule has 2 aromatic rings. The average Bonchev–Trinajstić information content (AvgIpc) is 2.82. The van der Waals surface area contributed by atoms with E-state index in [0.717, 1.165) is 29.6 Å². The topological polar surface area (TPSA) is 43.7 Å². The molecule has 0 atom stereocenters. The Bertz CT molecular complexity index is 775. The highest BCUT2D eigenvalue weighted by Crippen LogP contribution is 2.38. The molecule has 1 aromatic heterocycles. The van der Waals surface area contributed by atoms with Crippen LogP contribution in [0, 0.1) is 5.41 Å². The van der Waals surface area contributed by atoms with Crippen molar-refractivity contribution in [3.63, 3.8) is 0 Å². The van der Waals surface area contributed by atoms with Crippen LogP contribution in [0.25, 0.3) is 10.9 Å². The first-order chi connectivity index (χ1) is 11.4. The van der Waals surface area contributed by atoms with Gasteiger partial charge in [0.1, 0.15) is 0 Å². The van der Waals surface area contributed by atoms with Crippen LogP contribution in [-0.2, 0) is 27.7 Å². The molecule has 0 N–H and O–H groups in total. The normalized spacial score (nSPS) is 21.9. The lowest BCUT2D eigenvalue weighted by molar-refractivity contribution is -0.302. The third-order valence-electron chi connectivity index (χ3n) is 5.18. The molecule has 1 aromatic carbocycles. The van der Waals surface area contributed by atoms with Gasteiger partial charge in [-0.15, -0.1) is 0 Å². The predicted octanol–water partition coefficient (Wildman–Crippen LogP) is 2.33. The van der Waals surface area contributed by atoms with E-state index in [1.807, 2.05) is 37.9 Å². The van der Waals surface area contributed by atoms with Crippen molar-refractivity contribution in [2.45, 2.75) is 26.1 Å². The molecule has 24 heavy (non-hydrogen) atoms. The van der Waals surface area contributed by atoms with Gasteiger partial charge in [0.15, 0.2) is 5.79 Å². The summed E-state index contributed by atoms with van der Waals surface area (Å²) in [6.07, 6.45) is 2.51. The zero-order valence-electron chi connectivity index (χ0n) is 14.5. The third kappa shape index (κ3) is 2.62. The van der Waals surface area contributed by atoms with Gasteiger partial charge in [-0.2, -0.15) is 0 Å². The fourth-order valence-corrected chi connectivity index (χ4v) is 3.70. The number of carbonyl (C=O) groups is 1. The molecular weight excluding hydrogens is 304 g/mol. The number of rotatable bonds is 2. The van der Waals surface area contributed by atoms with E-state index in [0.29, 0.717) is 19.6 Å². The highest BCUT2D eigenvalue weighted by atomic mass is 16.7. The van der Waals surface area contributed by atoms with Gasteiger partial charge in [-0.1, -0.05) is 18.2 Å². The summed E-state index contributed by atoms with van der Waals surface area (Å²) in [6, 6.07) is 8.21. The van der Waals surface area contributed by atoms with Gasteiger partial charge in [-0.05, 0) is 25.5 Å². The zero-order chi connectivity index (χ0) is 16.9. The number of fused-ring (bicyclic) bond motifs is 1. The summed E-state index contributed by atoms with van der Waals surface area (Å²) in [7, 11) is 2.02. The Morgan fingerprint density at radius 1 is 1.17 bits per heavy atom. The maximum atomic E-state index is 12.6. The van der Waals surface area contributed by atoms with Crippen LogP contribution in [-0.4, -0.2) is 47.5 Å². The summed E-state index contributed by atoms with van der Waals surface area (Å²) in [5.41, 5.74) is 2.25. The molecule has 2 aliphatic rings. The molecule has 2 saturated heterocycles. The minimum absolute atomic E-state index is 0.00998. The van der Waals surface area contributed by atoms with Crippen LogP contribution in [0.3, 0.4) is 0 Å². The molecule has 0 unspecified atom stereocenters. The summed E-state index contributed by atoms with van der Waals surface area (Å²) in [5.74, 6) is -0.319. The van der Waals surface area contributed by atoms with Crippen LogP contribution >= 0.6 is 0 Å². The Hall–Kier alpha value is -1.85. The second kappa shape index (κ2) is 5.33. The molecule has 1 spiro atoms. The molecule has 5 heteroatoms. The molecular formula is C19H24N2O3. The van der Waals surface area contributed by atoms with Crippen LogP contribution in [0.4, 0.5) is 0 Å². The van der Waals surface area contributed by atoms with E-state index in [1.165, 1.54) is 0 Å². The number of hydrogen-bond acceptors (Lipinski definition) is 3. The lowest BCUT2D eigenvalue weighted by Crippen LogP contribution is -2.66. The number of benzene rings is 1. The van der Waals surface area contributed by atoms with E-state index >= 15 is 0 Å². The Morgan fingerprint density at radius 3 is 2.54 bits per heavy atom. The van der Waals surface area contributed by atoms with Crippen molar-refractivity contribution >= 4 is 16.8 Å². The van der Waals surface area contributed by atoms with Crippen molar-refractivity contribution < 1.29 is 14.3 Å². The molecule has 0 saturated carbocycles. The van der Waals surface area contributed by atoms with E-state index in [4.69, 9.17) is 9.47 Å². The third-order valence-corrected chi connectivity index (χ3v) is 5.18. The molecule has 3 heterocycles. The largest absolute Gasteiger partial charge is 0.350 e. The average molecular weight is 328 g/mol. The highest BCUT2D eigenvalue weighted by molar-refractivity contribution is 5.89. The van der Waals surface area contributed by atoms with Crippen LogP contribution in [0.2, 0.25) is 0 Å². The summed E-state index contributed by atoms with van der Waals surface area (Å²) in [5, 5.41) is 1.16. The summed E-state index contributed by atoms with van der Waals surface area (Å²) >= 11 is 0. The number of likely N-dealkylation sites (tertiary alicyclic amines) is 1. The van der Waals surface area contributed by atoms with Gasteiger partial charge in [0, 0.05) is 37.2 Å². The second-order valence-electron chi connectivity index (χ2n) is 7.69. The molecule has 2 aliphatic heterocycles. The molecule has 5 nitrogen and oxygen atoms in total. The molecule has 2 fully saturated rings. The molecule has 0 aliphatic carbocycles. The Morgan fingerprint density at radius 2 is 1.83 bits per heavy atom. The summed E-state index contributed by atoms with van der Waals surface area (Å²) < 4.78 is 13.6. The molecule has 1 amide bonds. The van der Waals surface area contributed by atoms with Gasteiger partial charge >= 0.3 is 0 Å². The van der Waals surface area contributed by atoms with Crippen molar-refractivity contribution in [2.24, 2.45) is 12.5 Å². The fraction of sp³-hybridized carbons (Fsp3) is 0.526. The van der Waals surface area contributed by atoms with Crippen molar-refractivity contribution in [3.05, 3.63) is 36.0 Å². The van der Waals surface area contributed by atoms with Gasteiger partial charge in [0.25, 0.3) is 0 Å². The maximum Gasteiger partial charge on any atom is 0.227 e. The van der Waals surface area contributed by atoms with Gasteiger partial charge in [0.05, 0.1) is 25.0 Å². The van der Waals surface area contributed by atoms with Crippen molar-refractivity contribution in [1.29, 1.82) is 0 Å². The first kappa shape index (κ1) is 15.7. The Labute approximate surface area is 142 Å². The van der Waals surface area contributed by atoms with E-state index in [9.17, 15) is 4.79 Å². The molecule has 0 bridgehead atoms. The monoisotopic (exact) mass is 328 g/mol. The standard InChI is InChI=1S/C19H24N2O3/c1-18(2)23-12-19(13-24-18)10-21(11-19)17(22)8-14-9-20(3)16-7-5-4-6-15(14)16/h4-7,9H,8,10-13H2,1-3H3. The van der Waals surface area contributed by atoms with Crippen molar-refractivity contribution in [3.8, 4) is 0 Å². The van der Waals surface area contributed by atoms with E-state index in [2.05, 4.69) is 22.9 Å². The number of amides is 1.